The molecule has 1 aliphatic heterocycles. The lowest BCUT2D eigenvalue weighted by atomic mass is 10.0. The highest BCUT2D eigenvalue weighted by Gasteiger charge is 2.24. The highest BCUT2D eigenvalue weighted by atomic mass is 15.0. The third kappa shape index (κ3) is 1.11. The van der Waals surface area contributed by atoms with Crippen LogP contribution in [-0.4, -0.2) is 4.57 Å². The molecule has 2 heterocycles. The van der Waals surface area contributed by atoms with Crippen molar-refractivity contribution in [1.29, 1.82) is 0 Å². The number of hydrogen-bond donors (Lipinski definition) is 0. The molecule has 1 aliphatic rings. The number of nitrogens with zero attached hydrogens (tertiary/aromatic N) is 1. The summed E-state index contributed by atoms with van der Waals surface area (Å²) in [5.74, 6) is 0. The first-order chi connectivity index (χ1) is 8.90. The molecule has 0 N–H and O–H groups in total. The molecule has 0 saturated heterocycles. The van der Waals surface area contributed by atoms with Crippen LogP contribution in [0.3, 0.4) is 0 Å². The molecule has 0 radical (unpaired) electrons. The summed E-state index contributed by atoms with van der Waals surface area (Å²) in [6.45, 7) is 3.27. The Labute approximate surface area is 107 Å². The average molecular weight is 233 g/mol. The molecule has 0 saturated carbocycles. The number of fused-ring (bicyclic) bond motifs is 5. The predicted octanol–water partition coefficient (Wildman–Crippen LogP) is 4.23. The van der Waals surface area contributed by atoms with Gasteiger partial charge in [-0.2, -0.15) is 0 Å². The molecule has 3 aromatic rings. The zero-order valence-corrected chi connectivity index (χ0v) is 10.5. The molecule has 0 bridgehead atoms. The number of rotatable bonds is 1. The maximum atomic E-state index is 2.47. The van der Waals surface area contributed by atoms with E-state index >= 15 is 0 Å². The lowest BCUT2D eigenvalue weighted by molar-refractivity contribution is 0.882. The van der Waals surface area contributed by atoms with Crippen molar-refractivity contribution >= 4 is 10.9 Å². The van der Waals surface area contributed by atoms with Crippen LogP contribution in [-0.2, 0) is 13.0 Å². The first-order valence-electron chi connectivity index (χ1n) is 6.58. The lowest BCUT2D eigenvalue weighted by Crippen LogP contribution is -1.91. The van der Waals surface area contributed by atoms with E-state index in [-0.39, 0.29) is 0 Å². The van der Waals surface area contributed by atoms with Gasteiger partial charge in [0.05, 0.1) is 5.69 Å². The second kappa shape index (κ2) is 3.49. The molecule has 0 atom stereocenters. The zero-order valence-electron chi connectivity index (χ0n) is 10.5. The van der Waals surface area contributed by atoms with Crippen molar-refractivity contribution in [3.05, 3.63) is 59.7 Å². The highest BCUT2D eigenvalue weighted by molar-refractivity contribution is 5.94. The van der Waals surface area contributed by atoms with Crippen LogP contribution >= 0.6 is 0 Å². The van der Waals surface area contributed by atoms with E-state index in [0.717, 1.165) is 13.0 Å². The smallest absolute Gasteiger partial charge is 0.0530 e. The molecule has 1 aromatic heterocycles. The van der Waals surface area contributed by atoms with E-state index in [2.05, 4.69) is 60.0 Å². The van der Waals surface area contributed by atoms with Gasteiger partial charge in [0.2, 0.25) is 0 Å². The normalized spacial score (nSPS) is 12.7. The summed E-state index contributed by atoms with van der Waals surface area (Å²) in [6, 6.07) is 17.6. The minimum Gasteiger partial charge on any atom is -0.336 e. The van der Waals surface area contributed by atoms with Crippen molar-refractivity contribution in [2.45, 2.75) is 19.9 Å². The lowest BCUT2D eigenvalue weighted by Gasteiger charge is -2.01. The van der Waals surface area contributed by atoms with Gasteiger partial charge in [-0.3, -0.25) is 0 Å². The number of benzene rings is 2. The molecule has 0 unspecified atom stereocenters. The van der Waals surface area contributed by atoms with Gasteiger partial charge >= 0.3 is 0 Å². The summed E-state index contributed by atoms with van der Waals surface area (Å²) < 4.78 is 2.47. The molecule has 2 aromatic carbocycles. The largest absolute Gasteiger partial charge is 0.336 e. The van der Waals surface area contributed by atoms with Crippen molar-refractivity contribution in [3.63, 3.8) is 0 Å². The van der Waals surface area contributed by atoms with Crippen molar-refractivity contribution in [1.82, 2.24) is 4.57 Å². The van der Waals surface area contributed by atoms with Crippen LogP contribution in [0.15, 0.2) is 48.5 Å². The molecule has 0 aliphatic carbocycles. The van der Waals surface area contributed by atoms with Crippen molar-refractivity contribution < 1.29 is 0 Å². The van der Waals surface area contributed by atoms with Crippen LogP contribution < -0.4 is 0 Å². The van der Waals surface area contributed by atoms with Gasteiger partial charge < -0.3 is 4.57 Å². The quantitative estimate of drug-likeness (QED) is 0.463. The van der Waals surface area contributed by atoms with E-state index in [1.165, 1.54) is 33.3 Å². The van der Waals surface area contributed by atoms with Gasteiger partial charge in [0, 0.05) is 23.0 Å². The van der Waals surface area contributed by atoms with E-state index in [0.29, 0.717) is 0 Å². The fourth-order valence-electron chi connectivity index (χ4n) is 3.26. The van der Waals surface area contributed by atoms with Crippen molar-refractivity contribution in [3.8, 4) is 11.3 Å². The van der Waals surface area contributed by atoms with Crippen molar-refractivity contribution in [2.24, 2.45) is 0 Å². The number of para-hydroxylation sites is 1. The predicted molar refractivity (Wildman–Crippen MR) is 75.9 cm³/mol. The van der Waals surface area contributed by atoms with Crippen LogP contribution in [0.5, 0.6) is 0 Å². The van der Waals surface area contributed by atoms with Gasteiger partial charge in [-0.25, -0.2) is 0 Å². The van der Waals surface area contributed by atoms with E-state index in [1.807, 2.05) is 0 Å². The fraction of sp³-hybridized carbons (Fsp3) is 0.176. The molecule has 1 nitrogen and oxygen atoms in total. The van der Waals surface area contributed by atoms with Gasteiger partial charge in [-0.05, 0) is 23.6 Å². The third-order valence-corrected chi connectivity index (χ3v) is 4.03. The summed E-state index contributed by atoms with van der Waals surface area (Å²) in [7, 11) is 0. The highest BCUT2D eigenvalue weighted by Crippen LogP contribution is 2.40. The minimum absolute atomic E-state index is 1.02. The maximum absolute atomic E-state index is 2.47. The Bertz CT molecular complexity index is 749. The van der Waals surface area contributed by atoms with Gasteiger partial charge in [0.1, 0.15) is 0 Å². The van der Waals surface area contributed by atoms with E-state index in [9.17, 15) is 0 Å². The summed E-state index contributed by atoms with van der Waals surface area (Å²) >= 11 is 0. The molecule has 0 amide bonds. The molecule has 0 fully saturated rings. The molecule has 88 valence electrons. The molecule has 18 heavy (non-hydrogen) atoms. The first-order valence-corrected chi connectivity index (χ1v) is 6.58. The van der Waals surface area contributed by atoms with Crippen molar-refractivity contribution in [2.75, 3.05) is 0 Å². The fourth-order valence-corrected chi connectivity index (χ4v) is 3.26. The monoisotopic (exact) mass is 233 g/mol. The molecule has 0 spiro atoms. The Morgan fingerprint density at radius 3 is 2.67 bits per heavy atom. The minimum atomic E-state index is 1.02. The Balaban J connectivity index is 2.16. The Morgan fingerprint density at radius 1 is 1.00 bits per heavy atom. The summed E-state index contributed by atoms with van der Waals surface area (Å²) in [4.78, 5) is 0. The summed E-state index contributed by atoms with van der Waals surface area (Å²) in [5, 5.41) is 1.42. The first kappa shape index (κ1) is 9.95. The second-order valence-electron chi connectivity index (χ2n) is 4.94. The third-order valence-electron chi connectivity index (χ3n) is 4.03. The number of hydrogen-bond acceptors (Lipinski definition) is 0. The van der Waals surface area contributed by atoms with Crippen LogP contribution in [0, 0.1) is 0 Å². The maximum Gasteiger partial charge on any atom is 0.0530 e. The van der Waals surface area contributed by atoms with Gasteiger partial charge in [-0.1, -0.05) is 49.4 Å². The SMILES string of the molecule is CCc1c2n(c3ccccc13)Cc1ccccc1-2. The van der Waals surface area contributed by atoms with Crippen LogP contribution in [0.4, 0.5) is 0 Å². The second-order valence-corrected chi connectivity index (χ2v) is 4.94. The number of aromatic nitrogens is 1. The van der Waals surface area contributed by atoms with E-state index < -0.39 is 0 Å². The van der Waals surface area contributed by atoms with Gasteiger partial charge in [0.15, 0.2) is 0 Å². The summed E-state index contributed by atoms with van der Waals surface area (Å²) in [6.07, 6.45) is 1.09. The summed E-state index contributed by atoms with van der Waals surface area (Å²) in [5.41, 5.74) is 7.18. The Hall–Kier alpha value is -2.02. The zero-order chi connectivity index (χ0) is 12.1. The molecule has 1 heteroatoms. The molecular formula is C17H15N. The Kier molecular flexibility index (Phi) is 1.93. The number of aryl methyl sites for hydroxylation is 1. The average Bonchev–Trinajstić information content (AvgIpc) is 2.93. The molecule has 4 rings (SSSR count). The van der Waals surface area contributed by atoms with E-state index in [4.69, 9.17) is 0 Å². The topological polar surface area (TPSA) is 4.93 Å². The van der Waals surface area contributed by atoms with E-state index in [1.54, 1.807) is 0 Å². The van der Waals surface area contributed by atoms with Gasteiger partial charge in [-0.15, -0.1) is 0 Å². The van der Waals surface area contributed by atoms with Gasteiger partial charge in [0.25, 0.3) is 0 Å². The van der Waals surface area contributed by atoms with Crippen LogP contribution in [0.25, 0.3) is 22.2 Å². The van der Waals surface area contributed by atoms with Crippen LogP contribution in [0.1, 0.15) is 18.1 Å². The van der Waals surface area contributed by atoms with Crippen LogP contribution in [0.2, 0.25) is 0 Å². The molecular weight excluding hydrogens is 218 g/mol. The standard InChI is InChI=1S/C17H15N/c1-2-13-15-9-5-6-10-16(15)18-11-12-7-3-4-8-14(12)17(13)18/h3-10H,2,11H2,1H3. The Morgan fingerprint density at radius 2 is 1.78 bits per heavy atom.